The Morgan fingerprint density at radius 2 is 1.75 bits per heavy atom. The van der Waals surface area contributed by atoms with Crippen molar-refractivity contribution in [1.82, 2.24) is 0 Å². The SMILES string of the molecule is BrC=C1C=CC=C1.[F-]. The summed E-state index contributed by atoms with van der Waals surface area (Å²) in [6.45, 7) is 0. The Hall–Kier alpha value is -0.370. The van der Waals surface area contributed by atoms with Crippen LogP contribution < -0.4 is 4.70 Å². The predicted octanol–water partition coefficient (Wildman–Crippen LogP) is -0.605. The van der Waals surface area contributed by atoms with Gasteiger partial charge in [-0.25, -0.2) is 0 Å². The molecule has 44 valence electrons. The van der Waals surface area contributed by atoms with E-state index >= 15 is 0 Å². The highest BCUT2D eigenvalue weighted by Crippen LogP contribution is 2.07. The van der Waals surface area contributed by atoms with Crippen LogP contribution in [0.2, 0.25) is 0 Å². The summed E-state index contributed by atoms with van der Waals surface area (Å²) >= 11 is 3.21. The number of halogens is 2. The third-order valence-electron chi connectivity index (χ3n) is 0.814. The van der Waals surface area contributed by atoms with Gasteiger partial charge in [0.25, 0.3) is 0 Å². The standard InChI is InChI=1S/C6H5Br.FH/c7-5-6-3-1-2-4-6;/h1-5H;1H/p-1. The number of hydrogen-bond donors (Lipinski definition) is 0. The van der Waals surface area contributed by atoms with Crippen molar-refractivity contribution in [1.29, 1.82) is 0 Å². The van der Waals surface area contributed by atoms with Gasteiger partial charge in [0.1, 0.15) is 0 Å². The summed E-state index contributed by atoms with van der Waals surface area (Å²) in [6.07, 6.45) is 8.09. The monoisotopic (exact) mass is 175 g/mol. The molecule has 0 N–H and O–H groups in total. The molecule has 0 bridgehead atoms. The van der Waals surface area contributed by atoms with Crippen molar-refractivity contribution in [2.24, 2.45) is 0 Å². The van der Waals surface area contributed by atoms with E-state index in [0.29, 0.717) is 0 Å². The topological polar surface area (TPSA) is 0 Å². The van der Waals surface area contributed by atoms with E-state index in [4.69, 9.17) is 0 Å². The second kappa shape index (κ2) is 3.61. The van der Waals surface area contributed by atoms with Crippen molar-refractivity contribution in [3.05, 3.63) is 34.9 Å². The fraction of sp³-hybridized carbons (Fsp3) is 0. The number of hydrogen-bond acceptors (Lipinski definition) is 0. The normalized spacial score (nSPS) is 13.9. The summed E-state index contributed by atoms with van der Waals surface area (Å²) in [7, 11) is 0. The van der Waals surface area contributed by atoms with E-state index in [9.17, 15) is 0 Å². The summed E-state index contributed by atoms with van der Waals surface area (Å²) < 4.78 is 0. The minimum Gasteiger partial charge on any atom is -1.00 e. The summed E-state index contributed by atoms with van der Waals surface area (Å²) in [6, 6.07) is 0. The van der Waals surface area contributed by atoms with E-state index in [2.05, 4.69) is 15.9 Å². The van der Waals surface area contributed by atoms with Gasteiger partial charge in [-0.2, -0.15) is 0 Å². The summed E-state index contributed by atoms with van der Waals surface area (Å²) in [5.41, 5.74) is 1.22. The lowest BCUT2D eigenvalue weighted by atomic mass is 10.4. The van der Waals surface area contributed by atoms with Gasteiger partial charge in [0, 0.05) is 0 Å². The zero-order valence-corrected chi connectivity index (χ0v) is 5.73. The first kappa shape index (κ1) is 7.63. The van der Waals surface area contributed by atoms with Crippen molar-refractivity contribution >= 4 is 15.9 Å². The molecule has 0 heterocycles. The van der Waals surface area contributed by atoms with Crippen LogP contribution in [0.1, 0.15) is 0 Å². The largest absolute Gasteiger partial charge is 1.00 e. The highest BCUT2D eigenvalue weighted by atomic mass is 79.9. The van der Waals surface area contributed by atoms with Crippen LogP contribution in [-0.4, -0.2) is 0 Å². The van der Waals surface area contributed by atoms with E-state index < -0.39 is 0 Å². The molecule has 1 aliphatic carbocycles. The van der Waals surface area contributed by atoms with Crippen LogP contribution >= 0.6 is 15.9 Å². The van der Waals surface area contributed by atoms with Crippen molar-refractivity contribution in [2.75, 3.05) is 0 Å². The minimum absolute atomic E-state index is 0. The second-order valence-electron chi connectivity index (χ2n) is 1.33. The minimum atomic E-state index is 0. The Morgan fingerprint density at radius 3 is 2.00 bits per heavy atom. The average molecular weight is 176 g/mol. The first-order valence-corrected chi connectivity index (χ1v) is 3.00. The van der Waals surface area contributed by atoms with Gasteiger partial charge in [-0.05, 0) is 10.6 Å². The van der Waals surface area contributed by atoms with Crippen LogP contribution in [0.25, 0.3) is 0 Å². The molecule has 0 aromatic heterocycles. The maximum Gasteiger partial charge on any atom is -0.0116 e. The zero-order valence-electron chi connectivity index (χ0n) is 4.14. The molecular weight excluding hydrogens is 171 g/mol. The fourth-order valence-corrected chi connectivity index (χ4v) is 0.767. The van der Waals surface area contributed by atoms with Gasteiger partial charge in [-0.3, -0.25) is 0 Å². The first-order valence-electron chi connectivity index (χ1n) is 2.08. The van der Waals surface area contributed by atoms with Crippen LogP contribution in [0.4, 0.5) is 0 Å². The van der Waals surface area contributed by atoms with E-state index in [1.165, 1.54) is 5.57 Å². The molecule has 0 amide bonds. The zero-order chi connectivity index (χ0) is 5.11. The molecule has 8 heavy (non-hydrogen) atoms. The highest BCUT2D eigenvalue weighted by Gasteiger charge is 1.85. The molecule has 0 aromatic rings. The molecule has 0 saturated carbocycles. The van der Waals surface area contributed by atoms with Gasteiger partial charge in [0.2, 0.25) is 0 Å². The second-order valence-corrected chi connectivity index (χ2v) is 1.79. The van der Waals surface area contributed by atoms with Gasteiger partial charge in [-0.15, -0.1) is 0 Å². The van der Waals surface area contributed by atoms with Crippen LogP contribution in [-0.2, 0) is 0 Å². The molecule has 0 nitrogen and oxygen atoms in total. The van der Waals surface area contributed by atoms with Gasteiger partial charge < -0.3 is 4.70 Å². The molecule has 0 spiro atoms. The Bertz CT molecular complexity index is 131. The lowest BCUT2D eigenvalue weighted by molar-refractivity contribution is -0.00000124. The predicted molar refractivity (Wildman–Crippen MR) is 35.3 cm³/mol. The molecule has 1 aliphatic rings. The maximum atomic E-state index is 3.21. The van der Waals surface area contributed by atoms with Crippen LogP contribution in [0.15, 0.2) is 34.9 Å². The lowest BCUT2D eigenvalue weighted by Crippen LogP contribution is -3.00. The van der Waals surface area contributed by atoms with E-state index in [1.54, 1.807) is 0 Å². The van der Waals surface area contributed by atoms with Crippen LogP contribution in [0.3, 0.4) is 0 Å². The van der Waals surface area contributed by atoms with Gasteiger partial charge >= 0.3 is 0 Å². The third-order valence-corrected chi connectivity index (χ3v) is 1.34. The molecule has 0 aliphatic heterocycles. The van der Waals surface area contributed by atoms with E-state index in [0.717, 1.165) is 0 Å². The Morgan fingerprint density at radius 1 is 1.25 bits per heavy atom. The molecule has 0 radical (unpaired) electrons. The van der Waals surface area contributed by atoms with Crippen molar-refractivity contribution in [2.45, 2.75) is 0 Å². The van der Waals surface area contributed by atoms with Gasteiger partial charge in [0.05, 0.1) is 0 Å². The fourth-order valence-electron chi connectivity index (χ4n) is 0.462. The van der Waals surface area contributed by atoms with Crippen molar-refractivity contribution < 1.29 is 4.70 Å². The number of rotatable bonds is 0. The summed E-state index contributed by atoms with van der Waals surface area (Å²) in [5, 5.41) is 0. The molecule has 0 aromatic carbocycles. The lowest BCUT2D eigenvalue weighted by Gasteiger charge is -1.76. The van der Waals surface area contributed by atoms with E-state index in [-0.39, 0.29) is 4.70 Å². The Kier molecular flexibility index (Phi) is 3.44. The Balaban J connectivity index is 0.000000490. The van der Waals surface area contributed by atoms with Gasteiger partial charge in [-0.1, -0.05) is 40.2 Å². The maximum absolute atomic E-state index is 3.21. The molecule has 1 rings (SSSR count). The third kappa shape index (κ3) is 1.62. The molecule has 0 saturated heterocycles. The van der Waals surface area contributed by atoms with Crippen LogP contribution in [0, 0.1) is 0 Å². The molecular formula is C6H5BrF-. The molecule has 0 fully saturated rings. The molecule has 2 heteroatoms. The summed E-state index contributed by atoms with van der Waals surface area (Å²) in [4.78, 5) is 1.90. The van der Waals surface area contributed by atoms with Crippen LogP contribution in [0.5, 0.6) is 0 Å². The van der Waals surface area contributed by atoms with Crippen molar-refractivity contribution in [3.63, 3.8) is 0 Å². The highest BCUT2D eigenvalue weighted by molar-refractivity contribution is 9.11. The average Bonchev–Trinajstić information content (AvgIpc) is 2.14. The Labute approximate surface area is 56.1 Å². The smallest absolute Gasteiger partial charge is 0.0116 e. The van der Waals surface area contributed by atoms with Crippen molar-refractivity contribution in [3.8, 4) is 0 Å². The quantitative estimate of drug-likeness (QED) is 0.462. The molecule has 0 atom stereocenters. The van der Waals surface area contributed by atoms with Gasteiger partial charge in [0.15, 0.2) is 0 Å². The summed E-state index contributed by atoms with van der Waals surface area (Å²) in [5.74, 6) is 0. The first-order chi connectivity index (χ1) is 3.43. The van der Waals surface area contributed by atoms with E-state index in [1.807, 2.05) is 29.3 Å². The number of allylic oxidation sites excluding steroid dienone is 5. The molecule has 0 unspecified atom stereocenters.